The molecule has 28 heavy (non-hydrogen) atoms. The van der Waals surface area contributed by atoms with E-state index in [-0.39, 0.29) is 24.0 Å². The molecule has 0 aliphatic rings. The van der Waals surface area contributed by atoms with Gasteiger partial charge in [-0.05, 0) is 25.0 Å². The Morgan fingerprint density at radius 3 is 2.46 bits per heavy atom. The Kier molecular flexibility index (Phi) is 17.3. The van der Waals surface area contributed by atoms with E-state index in [9.17, 15) is 0 Å². The van der Waals surface area contributed by atoms with E-state index in [4.69, 9.17) is 18.9 Å². The first-order chi connectivity index (χ1) is 13.2. The molecule has 2 N–H and O–H groups in total. The van der Waals surface area contributed by atoms with Crippen LogP contribution in [0.5, 0.6) is 5.75 Å². The molecule has 0 heterocycles. The van der Waals surface area contributed by atoms with Crippen LogP contribution >= 0.6 is 24.0 Å². The quantitative estimate of drug-likeness (QED) is 0.174. The van der Waals surface area contributed by atoms with E-state index < -0.39 is 0 Å². The Morgan fingerprint density at radius 1 is 0.964 bits per heavy atom. The van der Waals surface area contributed by atoms with Gasteiger partial charge in [0, 0.05) is 59.6 Å². The minimum absolute atomic E-state index is 0. The second-order valence-corrected chi connectivity index (χ2v) is 6.12. The summed E-state index contributed by atoms with van der Waals surface area (Å²) < 4.78 is 21.4. The van der Waals surface area contributed by atoms with Crippen molar-refractivity contribution in [3.63, 3.8) is 0 Å². The molecule has 1 aromatic carbocycles. The first kappa shape index (κ1) is 26.9. The normalized spacial score (nSPS) is 11.1. The lowest BCUT2D eigenvalue weighted by molar-refractivity contribution is 0.0698. The van der Waals surface area contributed by atoms with Crippen LogP contribution in [0, 0.1) is 6.92 Å². The molecule has 8 heteroatoms. The number of hydrogen-bond acceptors (Lipinski definition) is 5. The molecule has 0 atom stereocenters. The first-order valence-corrected chi connectivity index (χ1v) is 9.43. The highest BCUT2D eigenvalue weighted by atomic mass is 127. The average Bonchev–Trinajstić information content (AvgIpc) is 2.68. The molecule has 162 valence electrons. The molecule has 0 aliphatic heterocycles. The highest BCUT2D eigenvalue weighted by Crippen LogP contribution is 2.20. The van der Waals surface area contributed by atoms with Crippen LogP contribution < -0.4 is 15.4 Å². The van der Waals surface area contributed by atoms with Gasteiger partial charge in [0.15, 0.2) is 5.96 Å². The number of aliphatic imine (C=N–C) groups is 1. The van der Waals surface area contributed by atoms with Gasteiger partial charge in [-0.15, -0.1) is 24.0 Å². The molecule has 0 aliphatic carbocycles. The molecule has 0 bridgehead atoms. The number of halogens is 1. The summed E-state index contributed by atoms with van der Waals surface area (Å²) in [6.07, 6.45) is 1.77. The molecule has 7 nitrogen and oxygen atoms in total. The third-order valence-electron chi connectivity index (χ3n) is 3.83. The molecule has 0 unspecified atom stereocenters. The van der Waals surface area contributed by atoms with Gasteiger partial charge in [-0.2, -0.15) is 0 Å². The van der Waals surface area contributed by atoms with E-state index in [1.807, 2.05) is 0 Å². The van der Waals surface area contributed by atoms with Gasteiger partial charge in [0.05, 0.1) is 19.8 Å². The predicted molar refractivity (Wildman–Crippen MR) is 124 cm³/mol. The van der Waals surface area contributed by atoms with Gasteiger partial charge in [0.25, 0.3) is 0 Å². The lowest BCUT2D eigenvalue weighted by atomic mass is 10.1. The van der Waals surface area contributed by atoms with Crippen LogP contribution in [0.25, 0.3) is 0 Å². The third-order valence-corrected chi connectivity index (χ3v) is 3.83. The second kappa shape index (κ2) is 18.0. The lowest BCUT2D eigenvalue weighted by Gasteiger charge is -2.15. The highest BCUT2D eigenvalue weighted by molar-refractivity contribution is 14.0. The van der Waals surface area contributed by atoms with E-state index in [1.165, 1.54) is 5.56 Å². The van der Waals surface area contributed by atoms with Crippen molar-refractivity contribution in [3.8, 4) is 5.75 Å². The number of nitrogens with zero attached hydrogens (tertiary/aromatic N) is 1. The molecule has 0 radical (unpaired) electrons. The second-order valence-electron chi connectivity index (χ2n) is 6.12. The first-order valence-electron chi connectivity index (χ1n) is 9.43. The van der Waals surface area contributed by atoms with Crippen LogP contribution in [0.3, 0.4) is 0 Å². The molecular weight excluding hydrogens is 473 g/mol. The van der Waals surface area contributed by atoms with E-state index in [2.05, 4.69) is 40.7 Å². The number of guanidine groups is 1. The molecule has 0 saturated heterocycles. The Hall–Kier alpha value is -1.10. The van der Waals surface area contributed by atoms with E-state index in [0.717, 1.165) is 36.7 Å². The third kappa shape index (κ3) is 12.4. The van der Waals surface area contributed by atoms with E-state index >= 15 is 0 Å². The molecule has 0 fully saturated rings. The van der Waals surface area contributed by atoms with Crippen LogP contribution in [-0.4, -0.2) is 66.8 Å². The number of hydrogen-bond donors (Lipinski definition) is 2. The summed E-state index contributed by atoms with van der Waals surface area (Å²) in [7, 11) is 5.14. The summed E-state index contributed by atoms with van der Waals surface area (Å²) in [5.41, 5.74) is 2.28. The highest BCUT2D eigenvalue weighted by Gasteiger charge is 2.06. The fourth-order valence-electron chi connectivity index (χ4n) is 2.35. The zero-order valence-corrected chi connectivity index (χ0v) is 19.9. The monoisotopic (exact) mass is 509 g/mol. The number of nitrogens with one attached hydrogen (secondary N) is 2. The summed E-state index contributed by atoms with van der Waals surface area (Å²) >= 11 is 0. The smallest absolute Gasteiger partial charge is 0.191 e. The van der Waals surface area contributed by atoms with Crippen LogP contribution in [0.4, 0.5) is 0 Å². The van der Waals surface area contributed by atoms with Gasteiger partial charge in [0.2, 0.25) is 0 Å². The van der Waals surface area contributed by atoms with E-state index in [0.29, 0.717) is 39.6 Å². The van der Waals surface area contributed by atoms with Gasteiger partial charge in [0.1, 0.15) is 5.75 Å². The number of aryl methyl sites for hydroxylation is 1. The zero-order valence-electron chi connectivity index (χ0n) is 17.6. The van der Waals surface area contributed by atoms with Gasteiger partial charge < -0.3 is 29.6 Å². The molecule has 0 aromatic heterocycles. The average molecular weight is 509 g/mol. The predicted octanol–water partition coefficient (Wildman–Crippen LogP) is 2.75. The van der Waals surface area contributed by atoms with Crippen molar-refractivity contribution in [2.45, 2.75) is 26.3 Å². The van der Waals surface area contributed by atoms with Gasteiger partial charge in [-0.3, -0.25) is 4.99 Å². The summed E-state index contributed by atoms with van der Waals surface area (Å²) in [5.74, 6) is 1.67. The van der Waals surface area contributed by atoms with Gasteiger partial charge in [-0.25, -0.2) is 0 Å². The minimum atomic E-state index is 0. The fourth-order valence-corrected chi connectivity index (χ4v) is 2.35. The zero-order chi connectivity index (χ0) is 19.7. The molecule has 0 amide bonds. The Balaban J connectivity index is 0.00000729. The van der Waals surface area contributed by atoms with Crippen molar-refractivity contribution in [3.05, 3.63) is 29.3 Å². The van der Waals surface area contributed by atoms with Gasteiger partial charge >= 0.3 is 0 Å². The molecule has 1 aromatic rings. The number of methoxy groups -OCH3 is 2. The maximum atomic E-state index is 5.92. The van der Waals surface area contributed by atoms with Crippen molar-refractivity contribution in [1.82, 2.24) is 10.6 Å². The fraction of sp³-hybridized carbons (Fsp3) is 0.650. The number of rotatable bonds is 14. The van der Waals surface area contributed by atoms with Crippen molar-refractivity contribution in [2.24, 2.45) is 4.99 Å². The summed E-state index contributed by atoms with van der Waals surface area (Å²) in [5, 5.41) is 6.62. The SMILES string of the molecule is CN=C(NCCCOCCOC)NCc1ccc(C)cc1OCCCOC.I. The van der Waals surface area contributed by atoms with Crippen LogP contribution in [0.2, 0.25) is 0 Å². The lowest BCUT2D eigenvalue weighted by Crippen LogP contribution is -2.37. The molecule has 0 saturated carbocycles. The summed E-state index contributed by atoms with van der Waals surface area (Å²) in [4.78, 5) is 4.26. The maximum Gasteiger partial charge on any atom is 0.191 e. The largest absolute Gasteiger partial charge is 0.493 e. The number of ether oxygens (including phenoxy) is 4. The van der Waals surface area contributed by atoms with Crippen molar-refractivity contribution >= 4 is 29.9 Å². The standard InChI is InChI=1S/C20H35N3O4.HI/c1-17-7-8-18(19(15-17)27-12-6-10-24-3)16-23-20(21-2)22-9-5-11-26-14-13-25-4;/h7-8,15H,5-6,9-14,16H2,1-4H3,(H2,21,22,23);1H. The summed E-state index contributed by atoms with van der Waals surface area (Å²) in [6.45, 7) is 6.79. The van der Waals surface area contributed by atoms with Gasteiger partial charge in [-0.1, -0.05) is 12.1 Å². The van der Waals surface area contributed by atoms with Crippen LogP contribution in [-0.2, 0) is 20.8 Å². The Bertz CT molecular complexity index is 544. The minimum Gasteiger partial charge on any atom is -0.493 e. The van der Waals surface area contributed by atoms with E-state index in [1.54, 1.807) is 21.3 Å². The maximum absolute atomic E-state index is 5.92. The van der Waals surface area contributed by atoms with Crippen molar-refractivity contribution in [2.75, 3.05) is 60.8 Å². The van der Waals surface area contributed by atoms with Crippen LogP contribution in [0.15, 0.2) is 23.2 Å². The van der Waals surface area contributed by atoms with Crippen LogP contribution in [0.1, 0.15) is 24.0 Å². The van der Waals surface area contributed by atoms with Crippen molar-refractivity contribution in [1.29, 1.82) is 0 Å². The van der Waals surface area contributed by atoms with Crippen molar-refractivity contribution < 1.29 is 18.9 Å². The number of benzene rings is 1. The Labute approximate surface area is 186 Å². The summed E-state index contributed by atoms with van der Waals surface area (Å²) in [6, 6.07) is 6.24. The molecule has 1 rings (SSSR count). The Morgan fingerprint density at radius 2 is 1.75 bits per heavy atom. The molecular formula is C20H36IN3O4. The topological polar surface area (TPSA) is 73.3 Å². The molecule has 0 spiro atoms.